The largest absolute Gasteiger partial charge is 0.450 e. The molecule has 1 heterocycles. The zero-order chi connectivity index (χ0) is 6.69. The fraction of sp³-hybridized carbons (Fsp3) is 0.800. The van der Waals surface area contributed by atoms with Crippen molar-refractivity contribution < 1.29 is 9.32 Å². The predicted molar refractivity (Wildman–Crippen MR) is 36.8 cm³/mol. The Bertz CT molecular complexity index is 112. The molecule has 0 aromatic rings. The Morgan fingerprint density at radius 2 is 2.56 bits per heavy atom. The van der Waals surface area contributed by atoms with Gasteiger partial charge in [-0.25, -0.2) is 0 Å². The van der Waals surface area contributed by atoms with Crippen molar-refractivity contribution in [3.05, 3.63) is 0 Å². The van der Waals surface area contributed by atoms with E-state index in [2.05, 4.69) is 9.84 Å². The summed E-state index contributed by atoms with van der Waals surface area (Å²) in [4.78, 5) is 10.7. The van der Waals surface area contributed by atoms with Gasteiger partial charge in [0, 0.05) is 0 Å². The molecule has 0 radical (unpaired) electrons. The Morgan fingerprint density at radius 3 is 3.00 bits per heavy atom. The average Bonchev–Trinajstić information content (AvgIpc) is 2.37. The lowest BCUT2D eigenvalue weighted by Crippen LogP contribution is -2.30. The van der Waals surface area contributed by atoms with Gasteiger partial charge >= 0.3 is 5.97 Å². The maximum absolute atomic E-state index is 10.7. The molecule has 0 aliphatic carbocycles. The van der Waals surface area contributed by atoms with E-state index in [0.29, 0.717) is 0 Å². The molecule has 1 aliphatic rings. The summed E-state index contributed by atoms with van der Waals surface area (Å²) in [7, 11) is 1.96. The van der Waals surface area contributed by atoms with E-state index in [-0.39, 0.29) is 12.0 Å². The average molecular weight is 147 g/mol. The second kappa shape index (κ2) is 3.14. The maximum Gasteiger partial charge on any atom is 0.325 e. The molecule has 1 fully saturated rings. The number of hydrogen-bond donors (Lipinski definition) is 1. The molecule has 1 N–H and O–H groups in total. The fourth-order valence-corrected chi connectivity index (χ4v) is 1.13. The molecule has 4 heteroatoms. The highest BCUT2D eigenvalue weighted by Gasteiger charge is 2.21. The summed E-state index contributed by atoms with van der Waals surface area (Å²) in [5.41, 5.74) is 0. The molecule has 1 aliphatic heterocycles. The minimum Gasteiger partial charge on any atom is -0.450 e. The minimum absolute atomic E-state index is 0.0532. The van der Waals surface area contributed by atoms with E-state index < -0.39 is 0 Å². The van der Waals surface area contributed by atoms with Crippen LogP contribution in [0.1, 0.15) is 12.8 Å². The Kier molecular flexibility index (Phi) is 2.43. The third-order valence-electron chi connectivity index (χ3n) is 1.46. The van der Waals surface area contributed by atoms with Crippen LogP contribution >= 0.6 is 9.47 Å². The van der Waals surface area contributed by atoms with Crippen molar-refractivity contribution in [1.82, 2.24) is 5.32 Å². The van der Waals surface area contributed by atoms with E-state index in [0.717, 1.165) is 19.4 Å². The van der Waals surface area contributed by atoms with Crippen molar-refractivity contribution >= 4 is 15.4 Å². The number of hydrogen-bond acceptors (Lipinski definition) is 3. The first kappa shape index (κ1) is 6.97. The molecule has 0 aromatic carbocycles. The van der Waals surface area contributed by atoms with Gasteiger partial charge in [0.25, 0.3) is 0 Å². The molecule has 0 amide bonds. The van der Waals surface area contributed by atoms with Crippen molar-refractivity contribution in [1.29, 1.82) is 0 Å². The van der Waals surface area contributed by atoms with Crippen LogP contribution in [0.4, 0.5) is 0 Å². The van der Waals surface area contributed by atoms with Gasteiger partial charge in [-0.05, 0) is 19.4 Å². The first-order valence-electron chi connectivity index (χ1n) is 2.98. The van der Waals surface area contributed by atoms with Crippen molar-refractivity contribution in [3.63, 3.8) is 0 Å². The molecule has 0 spiro atoms. The van der Waals surface area contributed by atoms with E-state index in [1.807, 2.05) is 9.47 Å². The summed E-state index contributed by atoms with van der Waals surface area (Å²) in [6, 6.07) is -0.0532. The zero-order valence-corrected chi connectivity index (χ0v) is 6.25. The van der Waals surface area contributed by atoms with Crippen LogP contribution in [0.25, 0.3) is 0 Å². The normalized spacial score (nSPS) is 26.1. The molecule has 2 atom stereocenters. The highest BCUT2D eigenvalue weighted by molar-refractivity contribution is 7.10. The Labute approximate surface area is 56.4 Å². The van der Waals surface area contributed by atoms with Gasteiger partial charge in [-0.3, -0.25) is 4.79 Å². The number of nitrogens with one attached hydrogen (secondary N) is 1. The van der Waals surface area contributed by atoms with Crippen LogP contribution in [0.5, 0.6) is 0 Å². The second-order valence-electron chi connectivity index (χ2n) is 2.09. The van der Waals surface area contributed by atoms with Gasteiger partial charge in [-0.15, -0.1) is 0 Å². The molecule has 1 unspecified atom stereocenters. The summed E-state index contributed by atoms with van der Waals surface area (Å²) in [6.45, 7) is 0.935. The lowest BCUT2D eigenvalue weighted by atomic mass is 10.2. The van der Waals surface area contributed by atoms with Crippen LogP contribution in [0.15, 0.2) is 0 Å². The first-order valence-corrected chi connectivity index (χ1v) is 3.45. The molecule has 1 saturated heterocycles. The third kappa shape index (κ3) is 1.63. The standard InChI is InChI=1S/C5H10NO2P/c7-5(8-9)4-2-1-3-6-4/h4,6H,1-3,9H2/t4-/m0/s1. The summed E-state index contributed by atoms with van der Waals surface area (Å²) < 4.78 is 4.45. The highest BCUT2D eigenvalue weighted by Crippen LogP contribution is 2.07. The Balaban J connectivity index is 2.32. The van der Waals surface area contributed by atoms with Gasteiger partial charge in [-0.1, -0.05) is 0 Å². The Morgan fingerprint density at radius 1 is 1.78 bits per heavy atom. The van der Waals surface area contributed by atoms with Gasteiger partial charge in [0.15, 0.2) is 0 Å². The monoisotopic (exact) mass is 147 g/mol. The smallest absolute Gasteiger partial charge is 0.325 e. The topological polar surface area (TPSA) is 38.3 Å². The van der Waals surface area contributed by atoms with Crippen LogP contribution in [-0.2, 0) is 9.32 Å². The molecule has 1 rings (SSSR count). The van der Waals surface area contributed by atoms with Gasteiger partial charge in [0.1, 0.15) is 6.04 Å². The quantitative estimate of drug-likeness (QED) is 0.533. The fourth-order valence-electron chi connectivity index (χ4n) is 0.968. The van der Waals surface area contributed by atoms with Crippen LogP contribution in [-0.4, -0.2) is 18.6 Å². The number of carbonyl (C=O) groups is 1. The SMILES string of the molecule is O=C(OP)[C@@H]1CCCN1. The van der Waals surface area contributed by atoms with E-state index >= 15 is 0 Å². The molecule has 3 nitrogen and oxygen atoms in total. The van der Waals surface area contributed by atoms with Gasteiger partial charge in [0.2, 0.25) is 0 Å². The number of carbonyl (C=O) groups excluding carboxylic acids is 1. The van der Waals surface area contributed by atoms with Crippen LogP contribution in [0.2, 0.25) is 0 Å². The van der Waals surface area contributed by atoms with Gasteiger partial charge in [-0.2, -0.15) is 0 Å². The van der Waals surface area contributed by atoms with E-state index in [4.69, 9.17) is 0 Å². The van der Waals surface area contributed by atoms with Crippen LogP contribution in [0.3, 0.4) is 0 Å². The molecule has 52 valence electrons. The first-order chi connectivity index (χ1) is 4.34. The predicted octanol–water partition coefficient (Wildman–Crippen LogP) is 0.0717. The lowest BCUT2D eigenvalue weighted by Gasteiger charge is -2.04. The van der Waals surface area contributed by atoms with E-state index in [1.165, 1.54) is 0 Å². The van der Waals surface area contributed by atoms with E-state index in [9.17, 15) is 4.79 Å². The third-order valence-corrected chi connectivity index (χ3v) is 1.69. The zero-order valence-electron chi connectivity index (χ0n) is 5.09. The maximum atomic E-state index is 10.7. The summed E-state index contributed by atoms with van der Waals surface area (Å²) >= 11 is 0. The van der Waals surface area contributed by atoms with Crippen LogP contribution in [0, 0.1) is 0 Å². The Hall–Kier alpha value is -0.140. The molecule has 0 aromatic heterocycles. The molecule has 0 saturated carbocycles. The van der Waals surface area contributed by atoms with Crippen molar-refractivity contribution in [2.45, 2.75) is 18.9 Å². The van der Waals surface area contributed by atoms with Crippen LogP contribution < -0.4 is 5.32 Å². The van der Waals surface area contributed by atoms with E-state index in [1.54, 1.807) is 0 Å². The van der Waals surface area contributed by atoms with Crippen molar-refractivity contribution in [2.24, 2.45) is 0 Å². The molecular formula is C5H10NO2P. The lowest BCUT2D eigenvalue weighted by molar-refractivity contribution is -0.135. The summed E-state index contributed by atoms with van der Waals surface area (Å²) in [5.74, 6) is -0.169. The molecule has 9 heavy (non-hydrogen) atoms. The van der Waals surface area contributed by atoms with Gasteiger partial charge in [0.05, 0.1) is 9.47 Å². The minimum atomic E-state index is -0.169. The number of rotatable bonds is 1. The van der Waals surface area contributed by atoms with Gasteiger partial charge < -0.3 is 9.84 Å². The summed E-state index contributed by atoms with van der Waals surface area (Å²) in [5, 5.41) is 3.02. The highest BCUT2D eigenvalue weighted by atomic mass is 31.0. The molecular weight excluding hydrogens is 137 g/mol. The summed E-state index contributed by atoms with van der Waals surface area (Å²) in [6.07, 6.45) is 1.98. The van der Waals surface area contributed by atoms with Crippen molar-refractivity contribution in [2.75, 3.05) is 6.54 Å². The molecule has 0 bridgehead atoms. The second-order valence-corrected chi connectivity index (χ2v) is 2.32. The van der Waals surface area contributed by atoms with Crippen molar-refractivity contribution in [3.8, 4) is 0 Å².